The minimum atomic E-state index is -4.42. The number of rotatable bonds is 3. The Morgan fingerprint density at radius 3 is 2.41 bits per heavy atom. The van der Waals surface area contributed by atoms with E-state index in [1.165, 1.54) is 17.2 Å². The van der Waals surface area contributed by atoms with Crippen LogP contribution in [0.4, 0.5) is 19.0 Å². The van der Waals surface area contributed by atoms with E-state index in [1.54, 1.807) is 30.6 Å². The first-order valence-electron chi connectivity index (χ1n) is 10.3. The molecule has 0 saturated heterocycles. The molecule has 3 heterocycles. The normalized spacial score (nSPS) is 13.7. The van der Waals surface area contributed by atoms with E-state index >= 15 is 0 Å². The van der Waals surface area contributed by atoms with Crippen molar-refractivity contribution in [2.75, 3.05) is 11.4 Å². The summed E-state index contributed by atoms with van der Waals surface area (Å²) in [6.07, 6.45) is -0.237. The molecule has 7 heteroatoms. The van der Waals surface area contributed by atoms with E-state index in [0.29, 0.717) is 35.0 Å². The molecule has 0 N–H and O–H groups in total. The van der Waals surface area contributed by atoms with Crippen molar-refractivity contribution in [3.8, 4) is 22.6 Å². The maximum absolute atomic E-state index is 13.3. The highest BCUT2D eigenvalue weighted by molar-refractivity contribution is 5.68. The predicted molar refractivity (Wildman–Crippen MR) is 117 cm³/mol. The second kappa shape index (κ2) is 8.07. The Morgan fingerprint density at radius 2 is 1.62 bits per heavy atom. The van der Waals surface area contributed by atoms with Gasteiger partial charge in [-0.1, -0.05) is 36.4 Å². The molecule has 0 aliphatic carbocycles. The Bertz CT molecular complexity index is 1260. The third-order valence-electron chi connectivity index (χ3n) is 5.57. The molecule has 4 aromatic rings. The van der Waals surface area contributed by atoms with E-state index < -0.39 is 11.7 Å². The highest BCUT2D eigenvalue weighted by Crippen LogP contribution is 2.33. The topological polar surface area (TPSA) is 41.9 Å². The van der Waals surface area contributed by atoms with E-state index in [0.717, 1.165) is 25.1 Å². The zero-order valence-electron chi connectivity index (χ0n) is 17.0. The van der Waals surface area contributed by atoms with E-state index in [-0.39, 0.29) is 0 Å². The van der Waals surface area contributed by atoms with E-state index in [9.17, 15) is 13.2 Å². The van der Waals surface area contributed by atoms with Gasteiger partial charge in [0.1, 0.15) is 5.82 Å². The van der Waals surface area contributed by atoms with Crippen LogP contribution in [0.3, 0.4) is 0 Å². The number of fused-ring (bicyclic) bond motifs is 1. The van der Waals surface area contributed by atoms with Crippen LogP contribution in [0.25, 0.3) is 22.6 Å². The summed E-state index contributed by atoms with van der Waals surface area (Å²) >= 11 is 0. The van der Waals surface area contributed by atoms with E-state index in [4.69, 9.17) is 4.98 Å². The van der Waals surface area contributed by atoms with Crippen LogP contribution >= 0.6 is 0 Å². The minimum absolute atomic E-state index is 0.394. The molecule has 2 aromatic carbocycles. The van der Waals surface area contributed by atoms with Gasteiger partial charge in [0.05, 0.1) is 11.3 Å². The van der Waals surface area contributed by atoms with Crippen molar-refractivity contribution in [2.45, 2.75) is 19.1 Å². The molecule has 0 amide bonds. The van der Waals surface area contributed by atoms with Gasteiger partial charge in [0.25, 0.3) is 0 Å². The molecular weight excluding hydrogens is 413 g/mol. The van der Waals surface area contributed by atoms with Crippen LogP contribution in [0.15, 0.2) is 79.1 Å². The summed E-state index contributed by atoms with van der Waals surface area (Å²) in [6, 6.07) is 18.9. The van der Waals surface area contributed by atoms with Gasteiger partial charge in [-0.2, -0.15) is 13.2 Å². The molecule has 0 atom stereocenters. The predicted octanol–water partition coefficient (Wildman–Crippen LogP) is 5.79. The summed E-state index contributed by atoms with van der Waals surface area (Å²) in [5.74, 6) is 1.11. The molecule has 5 rings (SSSR count). The number of hydrogen-bond acceptors (Lipinski definition) is 4. The van der Waals surface area contributed by atoms with Crippen LogP contribution < -0.4 is 4.90 Å². The lowest BCUT2D eigenvalue weighted by Crippen LogP contribution is -2.31. The molecule has 0 fully saturated rings. The fourth-order valence-corrected chi connectivity index (χ4v) is 3.91. The van der Waals surface area contributed by atoms with Crippen molar-refractivity contribution < 1.29 is 13.2 Å². The monoisotopic (exact) mass is 432 g/mol. The third-order valence-corrected chi connectivity index (χ3v) is 5.57. The molecule has 32 heavy (non-hydrogen) atoms. The van der Waals surface area contributed by atoms with Crippen LogP contribution in [-0.2, 0) is 19.1 Å². The van der Waals surface area contributed by atoms with Crippen molar-refractivity contribution in [1.29, 1.82) is 0 Å². The van der Waals surface area contributed by atoms with Gasteiger partial charge in [-0.15, -0.1) is 0 Å². The van der Waals surface area contributed by atoms with Crippen LogP contribution in [-0.4, -0.2) is 21.5 Å². The van der Waals surface area contributed by atoms with Gasteiger partial charge in [0, 0.05) is 42.7 Å². The number of nitrogens with zero attached hydrogens (tertiary/aromatic N) is 4. The Morgan fingerprint density at radius 1 is 0.812 bits per heavy atom. The van der Waals surface area contributed by atoms with Crippen LogP contribution in [0, 0.1) is 0 Å². The van der Waals surface area contributed by atoms with E-state index in [2.05, 4.69) is 27.0 Å². The van der Waals surface area contributed by atoms with Gasteiger partial charge < -0.3 is 4.90 Å². The molecule has 0 unspecified atom stereocenters. The molecule has 1 aliphatic heterocycles. The number of halogens is 3. The fraction of sp³-hybridized carbons (Fsp3) is 0.160. The second-order valence-corrected chi connectivity index (χ2v) is 7.70. The number of anilines is 1. The molecule has 0 spiro atoms. The van der Waals surface area contributed by atoms with Crippen LogP contribution in [0.5, 0.6) is 0 Å². The van der Waals surface area contributed by atoms with Gasteiger partial charge in [-0.25, -0.2) is 9.97 Å². The Labute approximate surface area is 183 Å². The largest absolute Gasteiger partial charge is 0.416 e. The van der Waals surface area contributed by atoms with Crippen molar-refractivity contribution in [3.05, 3.63) is 95.8 Å². The quantitative estimate of drug-likeness (QED) is 0.411. The SMILES string of the molecule is FC(F)(F)c1cccc(-c2cc(N3CCc4ccccc4C3)nc(-c3cccnc3)n2)c1. The lowest BCUT2D eigenvalue weighted by molar-refractivity contribution is -0.137. The van der Waals surface area contributed by atoms with Gasteiger partial charge in [0.15, 0.2) is 5.82 Å². The summed E-state index contributed by atoms with van der Waals surface area (Å²) < 4.78 is 39.9. The average Bonchev–Trinajstić information content (AvgIpc) is 2.83. The first-order chi connectivity index (χ1) is 15.5. The van der Waals surface area contributed by atoms with Crippen molar-refractivity contribution >= 4 is 5.82 Å². The summed E-state index contributed by atoms with van der Waals surface area (Å²) in [5, 5.41) is 0. The molecular formula is C25H19F3N4. The zero-order valence-corrected chi connectivity index (χ0v) is 17.0. The number of benzene rings is 2. The summed E-state index contributed by atoms with van der Waals surface area (Å²) in [4.78, 5) is 15.6. The standard InChI is InChI=1S/C25H19F3N4/c26-25(27,28)21-9-3-7-18(13-21)22-14-23(31-24(30-22)19-8-4-11-29-15-19)32-12-10-17-5-1-2-6-20(17)16-32/h1-9,11,13-15H,10,12,16H2. The average molecular weight is 432 g/mol. The van der Waals surface area contributed by atoms with Crippen molar-refractivity contribution in [2.24, 2.45) is 0 Å². The van der Waals surface area contributed by atoms with Crippen LogP contribution in [0.2, 0.25) is 0 Å². The summed E-state index contributed by atoms with van der Waals surface area (Å²) in [6.45, 7) is 1.45. The number of alkyl halides is 3. The maximum Gasteiger partial charge on any atom is 0.416 e. The van der Waals surface area contributed by atoms with Gasteiger partial charge in [-0.3, -0.25) is 4.98 Å². The summed E-state index contributed by atoms with van der Waals surface area (Å²) in [5.41, 5.74) is 3.37. The Kier molecular flexibility index (Phi) is 5.09. The van der Waals surface area contributed by atoms with Gasteiger partial charge in [-0.05, 0) is 41.8 Å². The lowest BCUT2D eigenvalue weighted by atomic mass is 10.00. The fourth-order valence-electron chi connectivity index (χ4n) is 3.91. The summed E-state index contributed by atoms with van der Waals surface area (Å²) in [7, 11) is 0. The second-order valence-electron chi connectivity index (χ2n) is 7.70. The number of pyridine rings is 1. The third kappa shape index (κ3) is 4.06. The Balaban J connectivity index is 1.61. The zero-order chi connectivity index (χ0) is 22.1. The van der Waals surface area contributed by atoms with E-state index in [1.807, 2.05) is 18.2 Å². The molecule has 2 aromatic heterocycles. The highest BCUT2D eigenvalue weighted by atomic mass is 19.4. The molecule has 0 saturated carbocycles. The smallest absolute Gasteiger partial charge is 0.352 e. The Hall–Kier alpha value is -3.74. The highest BCUT2D eigenvalue weighted by Gasteiger charge is 2.30. The minimum Gasteiger partial charge on any atom is -0.352 e. The maximum atomic E-state index is 13.3. The molecule has 0 bridgehead atoms. The van der Waals surface area contributed by atoms with Gasteiger partial charge in [0.2, 0.25) is 0 Å². The number of hydrogen-bond donors (Lipinski definition) is 0. The van der Waals surface area contributed by atoms with Gasteiger partial charge >= 0.3 is 6.18 Å². The van der Waals surface area contributed by atoms with Crippen molar-refractivity contribution in [3.63, 3.8) is 0 Å². The van der Waals surface area contributed by atoms with Crippen LogP contribution in [0.1, 0.15) is 16.7 Å². The first-order valence-corrected chi connectivity index (χ1v) is 10.3. The molecule has 0 radical (unpaired) electrons. The first kappa shape index (κ1) is 20.2. The molecule has 1 aliphatic rings. The lowest BCUT2D eigenvalue weighted by Gasteiger charge is -2.30. The molecule has 160 valence electrons. The number of aromatic nitrogens is 3. The molecule has 4 nitrogen and oxygen atoms in total. The van der Waals surface area contributed by atoms with Crippen molar-refractivity contribution in [1.82, 2.24) is 15.0 Å².